The van der Waals surface area contributed by atoms with Crippen LogP contribution < -0.4 is 4.74 Å². The van der Waals surface area contributed by atoms with Crippen LogP contribution in [0.2, 0.25) is 0 Å². The van der Waals surface area contributed by atoms with E-state index in [1.165, 1.54) is 5.56 Å². The summed E-state index contributed by atoms with van der Waals surface area (Å²) in [6.07, 6.45) is 5.14. The van der Waals surface area contributed by atoms with Crippen LogP contribution in [0.1, 0.15) is 49.2 Å². The van der Waals surface area contributed by atoms with Crippen LogP contribution in [0, 0.1) is 0 Å². The van der Waals surface area contributed by atoms with Gasteiger partial charge in [0.1, 0.15) is 18.7 Å². The standard InChI is InChI=1S/C16H21N3O2/c1-2-8-19-16(17-11-18-19)10-21-13-7-6-12-4-3-5-15(20)14(12)9-13/h6-7,9,11,15,20H,2-5,8,10H2,1H3. The van der Waals surface area contributed by atoms with Gasteiger partial charge in [-0.1, -0.05) is 13.0 Å². The summed E-state index contributed by atoms with van der Waals surface area (Å²) in [5.74, 6) is 1.61. The van der Waals surface area contributed by atoms with Gasteiger partial charge in [-0.25, -0.2) is 9.67 Å². The van der Waals surface area contributed by atoms with Gasteiger partial charge in [-0.2, -0.15) is 5.10 Å². The van der Waals surface area contributed by atoms with Crippen molar-refractivity contribution in [2.24, 2.45) is 0 Å². The molecule has 112 valence electrons. The van der Waals surface area contributed by atoms with Crippen LogP contribution in [0.15, 0.2) is 24.5 Å². The van der Waals surface area contributed by atoms with Gasteiger partial charge in [-0.3, -0.25) is 0 Å². The number of rotatable bonds is 5. The molecule has 3 rings (SSSR count). The number of ether oxygens (including phenoxy) is 1. The van der Waals surface area contributed by atoms with Crippen molar-refractivity contribution in [3.8, 4) is 5.75 Å². The van der Waals surface area contributed by atoms with E-state index in [0.29, 0.717) is 6.61 Å². The Morgan fingerprint density at radius 2 is 2.33 bits per heavy atom. The van der Waals surface area contributed by atoms with E-state index in [0.717, 1.165) is 49.4 Å². The number of benzene rings is 1. The van der Waals surface area contributed by atoms with Crippen LogP contribution >= 0.6 is 0 Å². The summed E-state index contributed by atoms with van der Waals surface area (Å²) < 4.78 is 7.69. The number of nitrogens with zero attached hydrogens (tertiary/aromatic N) is 3. The molecule has 21 heavy (non-hydrogen) atoms. The van der Waals surface area contributed by atoms with Gasteiger partial charge in [-0.15, -0.1) is 0 Å². The fourth-order valence-corrected chi connectivity index (χ4v) is 2.79. The number of aromatic nitrogens is 3. The van der Waals surface area contributed by atoms with Crippen molar-refractivity contribution in [2.45, 2.75) is 51.9 Å². The molecule has 0 saturated heterocycles. The van der Waals surface area contributed by atoms with Gasteiger partial charge in [0.2, 0.25) is 0 Å². The second-order valence-electron chi connectivity index (χ2n) is 5.46. The number of hydrogen-bond donors (Lipinski definition) is 1. The molecule has 1 N–H and O–H groups in total. The number of aliphatic hydroxyl groups is 1. The van der Waals surface area contributed by atoms with Gasteiger partial charge in [0.25, 0.3) is 0 Å². The highest BCUT2D eigenvalue weighted by Gasteiger charge is 2.18. The van der Waals surface area contributed by atoms with Crippen molar-refractivity contribution in [3.63, 3.8) is 0 Å². The van der Waals surface area contributed by atoms with E-state index in [4.69, 9.17) is 4.74 Å². The minimum absolute atomic E-state index is 0.360. The Morgan fingerprint density at radius 3 is 3.19 bits per heavy atom. The molecule has 5 nitrogen and oxygen atoms in total. The molecule has 5 heteroatoms. The molecule has 1 unspecified atom stereocenters. The Kier molecular flexibility index (Phi) is 4.20. The first-order valence-electron chi connectivity index (χ1n) is 7.58. The molecule has 0 bridgehead atoms. The van der Waals surface area contributed by atoms with E-state index >= 15 is 0 Å². The second-order valence-corrected chi connectivity index (χ2v) is 5.46. The molecule has 0 spiro atoms. The van der Waals surface area contributed by atoms with Crippen LogP contribution in [-0.4, -0.2) is 19.9 Å². The fourth-order valence-electron chi connectivity index (χ4n) is 2.79. The molecule has 1 atom stereocenters. The molecule has 0 saturated carbocycles. The minimum Gasteiger partial charge on any atom is -0.486 e. The molecular formula is C16H21N3O2. The summed E-state index contributed by atoms with van der Waals surface area (Å²) in [5.41, 5.74) is 2.24. The molecular weight excluding hydrogens is 266 g/mol. The maximum Gasteiger partial charge on any atom is 0.164 e. The number of hydrogen-bond acceptors (Lipinski definition) is 4. The zero-order valence-electron chi connectivity index (χ0n) is 12.3. The first kappa shape index (κ1) is 14.1. The monoisotopic (exact) mass is 287 g/mol. The average molecular weight is 287 g/mol. The Hall–Kier alpha value is -1.88. The number of aryl methyl sites for hydroxylation is 2. The molecule has 1 aliphatic rings. The van der Waals surface area contributed by atoms with Gasteiger partial charge in [0, 0.05) is 6.54 Å². The lowest BCUT2D eigenvalue weighted by Crippen LogP contribution is -2.11. The fraction of sp³-hybridized carbons (Fsp3) is 0.500. The van der Waals surface area contributed by atoms with Crippen molar-refractivity contribution >= 4 is 0 Å². The Bertz CT molecular complexity index is 609. The highest BCUT2D eigenvalue weighted by molar-refractivity contribution is 5.38. The smallest absolute Gasteiger partial charge is 0.164 e. The SMILES string of the molecule is CCCn1ncnc1COc1ccc2c(c1)C(O)CCC2. The summed E-state index contributed by atoms with van der Waals surface area (Å²) in [7, 11) is 0. The van der Waals surface area contributed by atoms with E-state index in [2.05, 4.69) is 23.1 Å². The van der Waals surface area contributed by atoms with Crippen molar-refractivity contribution in [2.75, 3.05) is 0 Å². The van der Waals surface area contributed by atoms with E-state index in [1.54, 1.807) is 6.33 Å². The quantitative estimate of drug-likeness (QED) is 0.918. The van der Waals surface area contributed by atoms with Gasteiger partial charge < -0.3 is 9.84 Å². The lowest BCUT2D eigenvalue weighted by molar-refractivity contribution is 0.156. The maximum absolute atomic E-state index is 10.1. The molecule has 0 radical (unpaired) electrons. The topological polar surface area (TPSA) is 60.2 Å². The van der Waals surface area contributed by atoms with Crippen molar-refractivity contribution < 1.29 is 9.84 Å². The van der Waals surface area contributed by atoms with Gasteiger partial charge in [0.15, 0.2) is 5.82 Å². The van der Waals surface area contributed by atoms with Crippen LogP contribution in [-0.2, 0) is 19.6 Å². The summed E-state index contributed by atoms with van der Waals surface area (Å²) in [4.78, 5) is 4.23. The molecule has 1 aromatic carbocycles. The van der Waals surface area contributed by atoms with Crippen LogP contribution in [0.25, 0.3) is 0 Å². The normalized spacial score (nSPS) is 17.5. The van der Waals surface area contributed by atoms with Crippen molar-refractivity contribution in [1.82, 2.24) is 14.8 Å². The largest absolute Gasteiger partial charge is 0.486 e. The summed E-state index contributed by atoms with van der Waals surface area (Å²) in [5, 5.41) is 14.3. The van der Waals surface area contributed by atoms with E-state index in [9.17, 15) is 5.11 Å². The second kappa shape index (κ2) is 6.26. The first-order chi connectivity index (χ1) is 10.3. The summed E-state index contributed by atoms with van der Waals surface area (Å²) in [6, 6.07) is 5.99. The molecule has 1 aromatic heterocycles. The summed E-state index contributed by atoms with van der Waals surface area (Å²) >= 11 is 0. The minimum atomic E-state index is -0.360. The van der Waals surface area contributed by atoms with Crippen LogP contribution in [0.4, 0.5) is 0 Å². The summed E-state index contributed by atoms with van der Waals surface area (Å²) in [6.45, 7) is 3.35. The van der Waals surface area contributed by atoms with Crippen molar-refractivity contribution in [1.29, 1.82) is 0 Å². The molecule has 2 aromatic rings. The highest BCUT2D eigenvalue weighted by Crippen LogP contribution is 2.32. The van der Waals surface area contributed by atoms with Crippen molar-refractivity contribution in [3.05, 3.63) is 41.5 Å². The van der Waals surface area contributed by atoms with Gasteiger partial charge >= 0.3 is 0 Å². The van der Waals surface area contributed by atoms with E-state index in [1.807, 2.05) is 16.8 Å². The molecule has 1 aliphatic carbocycles. The predicted octanol–water partition coefficient (Wildman–Crippen LogP) is 2.64. The Labute approximate surface area is 124 Å². The third-order valence-corrected chi connectivity index (χ3v) is 3.90. The van der Waals surface area contributed by atoms with Gasteiger partial charge in [0.05, 0.1) is 6.10 Å². The Morgan fingerprint density at radius 1 is 1.43 bits per heavy atom. The van der Waals surface area contributed by atoms with Gasteiger partial charge in [-0.05, 0) is 48.9 Å². The average Bonchev–Trinajstić information content (AvgIpc) is 2.93. The zero-order chi connectivity index (χ0) is 14.7. The molecule has 0 amide bonds. The lowest BCUT2D eigenvalue weighted by Gasteiger charge is -2.21. The van der Waals surface area contributed by atoms with Crippen LogP contribution in [0.3, 0.4) is 0 Å². The lowest BCUT2D eigenvalue weighted by atomic mass is 9.89. The number of aliphatic hydroxyl groups excluding tert-OH is 1. The first-order valence-corrected chi connectivity index (χ1v) is 7.58. The zero-order valence-corrected chi connectivity index (χ0v) is 12.3. The molecule has 0 aliphatic heterocycles. The Balaban J connectivity index is 1.71. The number of fused-ring (bicyclic) bond motifs is 1. The highest BCUT2D eigenvalue weighted by atomic mass is 16.5. The van der Waals surface area contributed by atoms with E-state index < -0.39 is 0 Å². The third kappa shape index (κ3) is 3.08. The maximum atomic E-state index is 10.1. The third-order valence-electron chi connectivity index (χ3n) is 3.90. The predicted molar refractivity (Wildman–Crippen MR) is 79.0 cm³/mol. The van der Waals surface area contributed by atoms with Crippen LogP contribution in [0.5, 0.6) is 5.75 Å². The molecule has 1 heterocycles. The molecule has 0 fully saturated rings. The van der Waals surface area contributed by atoms with E-state index in [-0.39, 0.29) is 6.10 Å².